The third-order valence-electron chi connectivity index (χ3n) is 6.68. The van der Waals surface area contributed by atoms with Crippen molar-refractivity contribution in [2.75, 3.05) is 0 Å². The predicted octanol–water partition coefficient (Wildman–Crippen LogP) is 5.68. The maximum absolute atomic E-state index is 6.52. The molecule has 6 rings (SSSR count). The van der Waals surface area contributed by atoms with Gasteiger partial charge in [0.25, 0.3) is 5.82 Å². The molecule has 0 aliphatic carbocycles. The van der Waals surface area contributed by atoms with Gasteiger partial charge in [0.15, 0.2) is 16.6 Å². The van der Waals surface area contributed by atoms with Crippen LogP contribution in [0.15, 0.2) is 65.1 Å². The fourth-order valence-electron chi connectivity index (χ4n) is 4.88. The van der Waals surface area contributed by atoms with Gasteiger partial charge >= 0.3 is 0 Å². The van der Waals surface area contributed by atoms with E-state index in [4.69, 9.17) is 9.40 Å². The lowest BCUT2D eigenvalue weighted by atomic mass is 10.0. The number of fused-ring (bicyclic) bond motifs is 4. The second-order valence-electron chi connectivity index (χ2n) is 8.60. The summed E-state index contributed by atoms with van der Waals surface area (Å²) in [5.41, 5.74) is 9.61. The van der Waals surface area contributed by atoms with Gasteiger partial charge in [-0.1, -0.05) is 36.4 Å². The molecule has 0 amide bonds. The van der Waals surface area contributed by atoms with E-state index in [2.05, 4.69) is 90.7 Å². The number of nitrogens with zero attached hydrogens (tertiary/aromatic N) is 4. The van der Waals surface area contributed by atoms with Gasteiger partial charge in [0.2, 0.25) is 5.71 Å². The quantitative estimate of drug-likeness (QED) is 0.338. The van der Waals surface area contributed by atoms with Crippen LogP contribution in [0, 0.1) is 20.8 Å². The lowest BCUT2D eigenvalue weighted by Crippen LogP contribution is -2.30. The summed E-state index contributed by atoms with van der Waals surface area (Å²) >= 11 is 0. The van der Waals surface area contributed by atoms with Crippen LogP contribution < -0.4 is 4.57 Å². The number of hydrogen-bond acceptors (Lipinski definition) is 2. The van der Waals surface area contributed by atoms with Crippen LogP contribution in [-0.4, -0.2) is 14.1 Å². The maximum atomic E-state index is 6.52. The van der Waals surface area contributed by atoms with Crippen LogP contribution >= 0.6 is 0 Å². The van der Waals surface area contributed by atoms with Gasteiger partial charge in [0, 0.05) is 12.4 Å². The van der Waals surface area contributed by atoms with Crippen LogP contribution in [0.1, 0.15) is 17.0 Å². The zero-order valence-electron chi connectivity index (χ0n) is 19.0. The molecule has 6 aromatic rings. The Kier molecular flexibility index (Phi) is 3.87. The molecule has 158 valence electrons. The SMILES string of the molecule is Cc1ccccc1-n1c(-c2c(C)ccc3c2oc2c3nc(C)n2C)[n+](C)c2ccccc21. The standard InChI is InChI=1S/C27H25N4O/c1-16-10-6-7-11-20(16)31-22-13-9-8-12-21(22)30(5)26(31)23-17(2)14-15-19-24-27(32-25(19)23)29(4)18(3)28-24/h6-15H,1-5H3/q+1. The van der Waals surface area contributed by atoms with Gasteiger partial charge in [-0.3, -0.25) is 0 Å². The first kappa shape index (κ1) is 18.9. The molecule has 0 fully saturated rings. The fraction of sp³-hybridized carbons (Fsp3) is 0.185. The molecule has 3 aromatic carbocycles. The zero-order valence-corrected chi connectivity index (χ0v) is 19.0. The van der Waals surface area contributed by atoms with Gasteiger partial charge in [0.1, 0.15) is 22.6 Å². The Morgan fingerprint density at radius 1 is 0.875 bits per heavy atom. The maximum Gasteiger partial charge on any atom is 0.298 e. The number of imidazole rings is 2. The van der Waals surface area contributed by atoms with Crippen LogP contribution in [0.25, 0.3) is 50.3 Å². The molecule has 0 atom stereocenters. The van der Waals surface area contributed by atoms with Crippen LogP contribution in [0.5, 0.6) is 0 Å². The molecule has 0 unspecified atom stereocenters. The molecule has 5 nitrogen and oxygen atoms in total. The van der Waals surface area contributed by atoms with Gasteiger partial charge in [0.05, 0.1) is 7.05 Å². The monoisotopic (exact) mass is 421 g/mol. The Labute approximate surface area is 186 Å². The average Bonchev–Trinajstić information content (AvgIpc) is 3.38. The summed E-state index contributed by atoms with van der Waals surface area (Å²) in [5.74, 6) is 2.04. The minimum atomic E-state index is 0.811. The number of hydrogen-bond donors (Lipinski definition) is 0. The molecular formula is C27H25N4O+. The van der Waals surface area contributed by atoms with E-state index >= 15 is 0 Å². The third kappa shape index (κ3) is 2.39. The summed E-state index contributed by atoms with van der Waals surface area (Å²) in [6.45, 7) is 6.32. The Hall–Kier alpha value is -3.86. The number of para-hydroxylation sites is 3. The zero-order chi connectivity index (χ0) is 22.1. The number of rotatable bonds is 2. The summed E-state index contributed by atoms with van der Waals surface area (Å²) in [7, 11) is 4.14. The highest BCUT2D eigenvalue weighted by Gasteiger charge is 2.31. The average molecular weight is 422 g/mol. The molecule has 32 heavy (non-hydrogen) atoms. The van der Waals surface area contributed by atoms with Crippen molar-refractivity contribution in [3.8, 4) is 17.1 Å². The summed E-state index contributed by atoms with van der Waals surface area (Å²) in [6.07, 6.45) is 0. The van der Waals surface area contributed by atoms with E-state index in [1.54, 1.807) is 0 Å². The lowest BCUT2D eigenvalue weighted by molar-refractivity contribution is -0.633. The Morgan fingerprint density at radius 2 is 1.62 bits per heavy atom. The van der Waals surface area contributed by atoms with Crippen molar-refractivity contribution in [2.45, 2.75) is 20.8 Å². The molecule has 5 heteroatoms. The topological polar surface area (TPSA) is 39.8 Å². The fourth-order valence-corrected chi connectivity index (χ4v) is 4.88. The van der Waals surface area contributed by atoms with E-state index in [9.17, 15) is 0 Å². The van der Waals surface area contributed by atoms with Crippen LogP contribution in [0.3, 0.4) is 0 Å². The van der Waals surface area contributed by atoms with E-state index in [0.717, 1.165) is 39.4 Å². The number of benzene rings is 3. The summed E-state index contributed by atoms with van der Waals surface area (Å²) in [6, 6.07) is 21.4. The second kappa shape index (κ2) is 6.57. The molecule has 0 N–H and O–H groups in total. The van der Waals surface area contributed by atoms with Crippen molar-refractivity contribution >= 4 is 33.2 Å². The number of furan rings is 1. The summed E-state index contributed by atoms with van der Waals surface area (Å²) in [5, 5.41) is 1.05. The Morgan fingerprint density at radius 3 is 2.44 bits per heavy atom. The van der Waals surface area contributed by atoms with Gasteiger partial charge in [-0.25, -0.2) is 9.55 Å². The van der Waals surface area contributed by atoms with Gasteiger partial charge in [-0.15, -0.1) is 0 Å². The van der Waals surface area contributed by atoms with E-state index < -0.39 is 0 Å². The van der Waals surface area contributed by atoms with Crippen LogP contribution in [-0.2, 0) is 14.1 Å². The lowest BCUT2D eigenvalue weighted by Gasteiger charge is -2.09. The summed E-state index contributed by atoms with van der Waals surface area (Å²) < 4.78 is 13.2. The molecular weight excluding hydrogens is 396 g/mol. The minimum absolute atomic E-state index is 0.811. The number of aromatic nitrogens is 4. The van der Waals surface area contributed by atoms with Crippen molar-refractivity contribution in [1.29, 1.82) is 0 Å². The first-order valence-corrected chi connectivity index (χ1v) is 10.9. The minimum Gasteiger partial charge on any atom is -0.437 e. The normalized spacial score (nSPS) is 11.9. The highest BCUT2D eigenvalue weighted by Crippen LogP contribution is 2.39. The van der Waals surface area contributed by atoms with Crippen LogP contribution in [0.2, 0.25) is 0 Å². The molecule has 0 saturated heterocycles. The van der Waals surface area contributed by atoms with E-state index in [1.165, 1.54) is 27.8 Å². The van der Waals surface area contributed by atoms with E-state index in [-0.39, 0.29) is 0 Å². The highest BCUT2D eigenvalue weighted by molar-refractivity contribution is 6.07. The highest BCUT2D eigenvalue weighted by atomic mass is 16.3. The third-order valence-corrected chi connectivity index (χ3v) is 6.68. The molecule has 0 bridgehead atoms. The first-order chi connectivity index (χ1) is 15.5. The van der Waals surface area contributed by atoms with Gasteiger partial charge < -0.3 is 8.98 Å². The Balaban J connectivity index is 1.81. The van der Waals surface area contributed by atoms with Crippen molar-refractivity contribution < 1.29 is 8.98 Å². The van der Waals surface area contributed by atoms with Crippen molar-refractivity contribution in [2.24, 2.45) is 14.1 Å². The smallest absolute Gasteiger partial charge is 0.298 e. The van der Waals surface area contributed by atoms with Crippen molar-refractivity contribution in [3.05, 3.63) is 77.6 Å². The molecule has 3 aromatic heterocycles. The predicted molar refractivity (Wildman–Crippen MR) is 128 cm³/mol. The molecule has 3 heterocycles. The van der Waals surface area contributed by atoms with E-state index in [1.807, 2.05) is 18.5 Å². The van der Waals surface area contributed by atoms with Crippen LogP contribution in [0.4, 0.5) is 0 Å². The van der Waals surface area contributed by atoms with Gasteiger partial charge in [-0.05, 0) is 56.2 Å². The van der Waals surface area contributed by atoms with Crippen molar-refractivity contribution in [1.82, 2.24) is 14.1 Å². The molecule has 0 saturated carbocycles. The molecule has 0 aliphatic rings. The molecule has 0 spiro atoms. The largest absolute Gasteiger partial charge is 0.437 e. The molecule has 0 radical (unpaired) electrons. The summed E-state index contributed by atoms with van der Waals surface area (Å²) in [4.78, 5) is 4.78. The van der Waals surface area contributed by atoms with Gasteiger partial charge in [-0.2, -0.15) is 4.57 Å². The number of aryl methyl sites for hydroxylation is 5. The van der Waals surface area contributed by atoms with Crippen molar-refractivity contribution in [3.63, 3.8) is 0 Å². The molecule has 0 aliphatic heterocycles. The first-order valence-electron chi connectivity index (χ1n) is 10.9. The second-order valence-corrected chi connectivity index (χ2v) is 8.60. The Bertz CT molecular complexity index is 1680. The van der Waals surface area contributed by atoms with E-state index in [0.29, 0.717) is 0 Å².